The second kappa shape index (κ2) is 5.27. The van der Waals surface area contributed by atoms with Gasteiger partial charge in [0.1, 0.15) is 6.29 Å². The van der Waals surface area contributed by atoms with E-state index < -0.39 is 0 Å². The van der Waals surface area contributed by atoms with Crippen LogP contribution in [0.2, 0.25) is 0 Å². The smallest absolute Gasteiger partial charge is 0.265 e. The molecular weight excluding hydrogens is 270 g/mol. The van der Waals surface area contributed by atoms with E-state index in [1.165, 1.54) is 11.3 Å². The Balaban J connectivity index is 1.86. The fourth-order valence-electron chi connectivity index (χ4n) is 1.98. The molecule has 0 unspecified atom stereocenters. The monoisotopic (exact) mass is 281 g/mol. The Morgan fingerprint density at radius 1 is 1.05 bits per heavy atom. The quantitative estimate of drug-likeness (QED) is 0.738. The lowest BCUT2D eigenvalue weighted by Crippen LogP contribution is -2.10. The molecule has 0 atom stereocenters. The molecule has 0 bridgehead atoms. The molecule has 1 heterocycles. The molecule has 0 aliphatic heterocycles. The van der Waals surface area contributed by atoms with E-state index in [2.05, 4.69) is 5.32 Å². The highest BCUT2D eigenvalue weighted by atomic mass is 32.1. The van der Waals surface area contributed by atoms with Crippen LogP contribution in [-0.4, -0.2) is 12.2 Å². The number of fused-ring (bicyclic) bond motifs is 1. The number of carbonyl (C=O) groups is 2. The lowest BCUT2D eigenvalue weighted by Gasteiger charge is -2.03. The summed E-state index contributed by atoms with van der Waals surface area (Å²) in [6.45, 7) is 0. The van der Waals surface area contributed by atoms with Crippen LogP contribution in [-0.2, 0) is 0 Å². The standard InChI is InChI=1S/C16H11NO2S/c18-10-11-4-3-6-13(8-11)17-16(19)15-9-12-5-1-2-7-14(12)20-15/h1-10H,(H,17,19). The summed E-state index contributed by atoms with van der Waals surface area (Å²) in [7, 11) is 0. The molecule has 2 aromatic carbocycles. The predicted molar refractivity (Wildman–Crippen MR) is 81.6 cm³/mol. The third-order valence-electron chi connectivity index (χ3n) is 2.93. The summed E-state index contributed by atoms with van der Waals surface area (Å²) in [5.74, 6) is -0.158. The summed E-state index contributed by atoms with van der Waals surface area (Å²) >= 11 is 1.45. The first-order valence-corrected chi connectivity index (χ1v) is 6.93. The maximum atomic E-state index is 12.2. The molecule has 98 valence electrons. The maximum absolute atomic E-state index is 12.2. The second-order valence-corrected chi connectivity index (χ2v) is 5.43. The second-order valence-electron chi connectivity index (χ2n) is 4.35. The van der Waals surface area contributed by atoms with E-state index >= 15 is 0 Å². The minimum Gasteiger partial charge on any atom is -0.321 e. The first-order chi connectivity index (χ1) is 9.76. The number of aldehydes is 1. The van der Waals surface area contributed by atoms with Crippen LogP contribution in [0, 0.1) is 0 Å². The fourth-order valence-corrected chi connectivity index (χ4v) is 2.93. The Hall–Kier alpha value is -2.46. The van der Waals surface area contributed by atoms with E-state index in [4.69, 9.17) is 0 Å². The molecule has 3 aromatic rings. The van der Waals surface area contributed by atoms with E-state index in [0.717, 1.165) is 16.4 Å². The molecular formula is C16H11NO2S. The molecule has 0 spiro atoms. The highest BCUT2D eigenvalue weighted by Crippen LogP contribution is 2.26. The molecule has 0 saturated heterocycles. The molecule has 20 heavy (non-hydrogen) atoms. The molecule has 0 saturated carbocycles. The van der Waals surface area contributed by atoms with Gasteiger partial charge in [-0.1, -0.05) is 30.3 Å². The maximum Gasteiger partial charge on any atom is 0.265 e. The Bertz CT molecular complexity index is 759. The molecule has 3 nitrogen and oxygen atoms in total. The number of hydrogen-bond donors (Lipinski definition) is 1. The van der Waals surface area contributed by atoms with Crippen molar-refractivity contribution in [2.45, 2.75) is 0 Å². The highest BCUT2D eigenvalue weighted by molar-refractivity contribution is 7.20. The van der Waals surface area contributed by atoms with Crippen molar-refractivity contribution >= 4 is 39.3 Å². The summed E-state index contributed by atoms with van der Waals surface area (Å²) in [4.78, 5) is 23.6. The van der Waals surface area contributed by atoms with Gasteiger partial charge in [0.05, 0.1) is 4.88 Å². The number of carbonyl (C=O) groups excluding carboxylic acids is 2. The van der Waals surface area contributed by atoms with Gasteiger partial charge in [0.2, 0.25) is 0 Å². The minimum absolute atomic E-state index is 0.158. The Kier molecular flexibility index (Phi) is 3.31. The summed E-state index contributed by atoms with van der Waals surface area (Å²) < 4.78 is 1.08. The van der Waals surface area contributed by atoms with Crippen molar-refractivity contribution in [3.8, 4) is 0 Å². The molecule has 3 rings (SSSR count). The van der Waals surface area contributed by atoms with E-state index in [-0.39, 0.29) is 5.91 Å². The number of thiophene rings is 1. The van der Waals surface area contributed by atoms with Crippen LogP contribution in [0.3, 0.4) is 0 Å². The van der Waals surface area contributed by atoms with Gasteiger partial charge in [-0.2, -0.15) is 0 Å². The first-order valence-electron chi connectivity index (χ1n) is 6.11. The van der Waals surface area contributed by atoms with Crippen LogP contribution in [0.25, 0.3) is 10.1 Å². The van der Waals surface area contributed by atoms with Crippen molar-refractivity contribution in [2.24, 2.45) is 0 Å². The highest BCUT2D eigenvalue weighted by Gasteiger charge is 2.10. The summed E-state index contributed by atoms with van der Waals surface area (Å²) in [5.41, 5.74) is 1.16. The SMILES string of the molecule is O=Cc1cccc(NC(=O)c2cc3ccccc3s2)c1. The fraction of sp³-hybridized carbons (Fsp3) is 0. The number of hydrogen-bond acceptors (Lipinski definition) is 3. The lowest BCUT2D eigenvalue weighted by atomic mass is 10.2. The third-order valence-corrected chi connectivity index (χ3v) is 4.04. The van der Waals surface area contributed by atoms with Crippen molar-refractivity contribution < 1.29 is 9.59 Å². The van der Waals surface area contributed by atoms with E-state index in [0.29, 0.717) is 16.1 Å². The molecule has 0 aliphatic rings. The van der Waals surface area contributed by atoms with Crippen LogP contribution in [0.5, 0.6) is 0 Å². The van der Waals surface area contributed by atoms with Gasteiger partial charge in [-0.15, -0.1) is 11.3 Å². The summed E-state index contributed by atoms with van der Waals surface area (Å²) in [6, 6.07) is 16.6. The van der Waals surface area contributed by atoms with Crippen molar-refractivity contribution in [1.29, 1.82) is 0 Å². The van der Waals surface area contributed by atoms with Crippen molar-refractivity contribution in [2.75, 3.05) is 5.32 Å². The van der Waals surface area contributed by atoms with E-state index in [9.17, 15) is 9.59 Å². The number of benzene rings is 2. The van der Waals surface area contributed by atoms with Crippen LogP contribution in [0.15, 0.2) is 54.6 Å². The Labute approximate surface area is 119 Å². The van der Waals surface area contributed by atoms with Gasteiger partial charge >= 0.3 is 0 Å². The van der Waals surface area contributed by atoms with Gasteiger partial charge in [0.25, 0.3) is 5.91 Å². The van der Waals surface area contributed by atoms with Crippen molar-refractivity contribution in [3.05, 3.63) is 65.0 Å². The average molecular weight is 281 g/mol. The van der Waals surface area contributed by atoms with Crippen molar-refractivity contribution in [3.63, 3.8) is 0 Å². The zero-order valence-electron chi connectivity index (χ0n) is 10.5. The van der Waals surface area contributed by atoms with Gasteiger partial charge in [0, 0.05) is 16.0 Å². The first kappa shape index (κ1) is 12.6. The molecule has 4 heteroatoms. The van der Waals surface area contributed by atoms with Gasteiger partial charge < -0.3 is 5.32 Å². The topological polar surface area (TPSA) is 46.2 Å². The van der Waals surface area contributed by atoms with Crippen LogP contribution in [0.4, 0.5) is 5.69 Å². The largest absolute Gasteiger partial charge is 0.321 e. The van der Waals surface area contributed by atoms with E-state index in [1.54, 1.807) is 24.3 Å². The third kappa shape index (κ3) is 2.46. The minimum atomic E-state index is -0.158. The molecule has 1 aromatic heterocycles. The molecule has 1 N–H and O–H groups in total. The van der Waals surface area contributed by atoms with Gasteiger partial charge in [-0.25, -0.2) is 0 Å². The lowest BCUT2D eigenvalue weighted by molar-refractivity contribution is 0.102. The van der Waals surface area contributed by atoms with Gasteiger partial charge in [-0.05, 0) is 29.7 Å². The molecule has 0 aliphatic carbocycles. The number of anilines is 1. The number of rotatable bonds is 3. The summed E-state index contributed by atoms with van der Waals surface area (Å²) in [6.07, 6.45) is 0.759. The van der Waals surface area contributed by atoms with Crippen molar-refractivity contribution in [1.82, 2.24) is 0 Å². The zero-order chi connectivity index (χ0) is 13.9. The Morgan fingerprint density at radius 3 is 2.70 bits per heavy atom. The Morgan fingerprint density at radius 2 is 1.90 bits per heavy atom. The number of amides is 1. The number of nitrogens with one attached hydrogen (secondary N) is 1. The molecule has 0 fully saturated rings. The van der Waals surface area contributed by atoms with Crippen LogP contribution in [0.1, 0.15) is 20.0 Å². The molecule has 0 radical (unpaired) electrons. The zero-order valence-corrected chi connectivity index (χ0v) is 11.3. The van der Waals surface area contributed by atoms with E-state index in [1.807, 2.05) is 30.3 Å². The molecule has 1 amide bonds. The normalized spacial score (nSPS) is 10.4. The average Bonchev–Trinajstić information content (AvgIpc) is 2.91. The predicted octanol–water partition coefficient (Wildman–Crippen LogP) is 3.97. The van der Waals surface area contributed by atoms with Crippen LogP contribution >= 0.6 is 11.3 Å². The van der Waals surface area contributed by atoms with Gasteiger partial charge in [-0.3, -0.25) is 9.59 Å². The van der Waals surface area contributed by atoms with Crippen LogP contribution < -0.4 is 5.32 Å². The van der Waals surface area contributed by atoms with Gasteiger partial charge in [0.15, 0.2) is 0 Å². The summed E-state index contributed by atoms with van der Waals surface area (Å²) in [5, 5.41) is 3.87.